The van der Waals surface area contributed by atoms with Crippen LogP contribution in [0, 0.1) is 3.57 Å². The van der Waals surface area contributed by atoms with Crippen LogP contribution in [0.4, 0.5) is 0 Å². The van der Waals surface area contributed by atoms with Gasteiger partial charge in [0.2, 0.25) is 0 Å². The molecule has 1 aliphatic rings. The number of rotatable bonds is 2. The standard InChI is InChI=1S/C13H15IO3/c1-16-12-10(13(15)17-2)7-8-5-3-4-6-9(8)11(12)14/h7H,3-6H2,1-2H3. The third-order valence-corrected chi connectivity index (χ3v) is 4.29. The minimum Gasteiger partial charge on any atom is -0.495 e. The summed E-state index contributed by atoms with van der Waals surface area (Å²) in [6.07, 6.45) is 4.52. The summed E-state index contributed by atoms with van der Waals surface area (Å²) in [6, 6.07) is 1.93. The lowest BCUT2D eigenvalue weighted by atomic mass is 9.90. The van der Waals surface area contributed by atoms with Crippen LogP contribution in [-0.4, -0.2) is 20.2 Å². The molecule has 0 atom stereocenters. The van der Waals surface area contributed by atoms with Gasteiger partial charge in [-0.3, -0.25) is 0 Å². The number of aryl methyl sites for hydroxylation is 1. The van der Waals surface area contributed by atoms with E-state index < -0.39 is 0 Å². The highest BCUT2D eigenvalue weighted by Crippen LogP contribution is 2.35. The van der Waals surface area contributed by atoms with Crippen LogP contribution in [0.2, 0.25) is 0 Å². The predicted molar refractivity (Wildman–Crippen MR) is 73.7 cm³/mol. The molecule has 0 N–H and O–H groups in total. The molecule has 92 valence electrons. The second-order valence-electron chi connectivity index (χ2n) is 4.11. The molecule has 4 heteroatoms. The highest BCUT2D eigenvalue weighted by atomic mass is 127. The zero-order valence-electron chi connectivity index (χ0n) is 10.0. The van der Waals surface area contributed by atoms with Crippen molar-refractivity contribution in [3.05, 3.63) is 26.3 Å². The lowest BCUT2D eigenvalue weighted by Gasteiger charge is -2.21. The van der Waals surface area contributed by atoms with Gasteiger partial charge in [-0.2, -0.15) is 0 Å². The lowest BCUT2D eigenvalue weighted by Crippen LogP contribution is -2.12. The van der Waals surface area contributed by atoms with Crippen LogP contribution in [-0.2, 0) is 17.6 Å². The Labute approximate surface area is 115 Å². The van der Waals surface area contributed by atoms with Crippen molar-refractivity contribution in [3.8, 4) is 5.75 Å². The van der Waals surface area contributed by atoms with Crippen molar-refractivity contribution in [2.24, 2.45) is 0 Å². The Morgan fingerprint density at radius 3 is 2.65 bits per heavy atom. The summed E-state index contributed by atoms with van der Waals surface area (Å²) in [6.45, 7) is 0. The summed E-state index contributed by atoms with van der Waals surface area (Å²) in [5.74, 6) is 0.325. The molecule has 0 unspecified atom stereocenters. The molecule has 0 aliphatic heterocycles. The number of carbonyl (C=O) groups is 1. The molecule has 17 heavy (non-hydrogen) atoms. The van der Waals surface area contributed by atoms with E-state index in [0.717, 1.165) is 16.4 Å². The molecule has 3 nitrogen and oxygen atoms in total. The largest absolute Gasteiger partial charge is 0.495 e. The van der Waals surface area contributed by atoms with E-state index >= 15 is 0 Å². The van der Waals surface area contributed by atoms with E-state index in [-0.39, 0.29) is 5.97 Å². The van der Waals surface area contributed by atoms with Crippen LogP contribution in [0.5, 0.6) is 5.75 Å². The number of methoxy groups -OCH3 is 2. The molecule has 1 aliphatic carbocycles. The highest BCUT2D eigenvalue weighted by molar-refractivity contribution is 14.1. The van der Waals surface area contributed by atoms with Gasteiger partial charge in [0.1, 0.15) is 11.3 Å². The van der Waals surface area contributed by atoms with Gasteiger partial charge in [-0.1, -0.05) is 0 Å². The molecule has 0 radical (unpaired) electrons. The summed E-state index contributed by atoms with van der Waals surface area (Å²) in [7, 11) is 2.99. The Morgan fingerprint density at radius 2 is 2.00 bits per heavy atom. The zero-order valence-corrected chi connectivity index (χ0v) is 12.2. The summed E-state index contributed by atoms with van der Waals surface area (Å²) in [5, 5.41) is 0. The van der Waals surface area contributed by atoms with Crippen molar-refractivity contribution in [1.29, 1.82) is 0 Å². The van der Waals surface area contributed by atoms with E-state index in [0.29, 0.717) is 11.3 Å². The Morgan fingerprint density at radius 1 is 1.29 bits per heavy atom. The van der Waals surface area contributed by atoms with Gasteiger partial charge in [-0.15, -0.1) is 0 Å². The molecule has 0 saturated carbocycles. The maximum absolute atomic E-state index is 11.7. The Balaban J connectivity index is 2.59. The van der Waals surface area contributed by atoms with E-state index in [9.17, 15) is 4.79 Å². The average Bonchev–Trinajstić information content (AvgIpc) is 2.37. The first-order chi connectivity index (χ1) is 8.19. The van der Waals surface area contributed by atoms with Gasteiger partial charge in [-0.05, 0) is 65.5 Å². The van der Waals surface area contributed by atoms with Crippen LogP contribution < -0.4 is 4.74 Å². The molecule has 1 aromatic rings. The van der Waals surface area contributed by atoms with E-state index in [4.69, 9.17) is 9.47 Å². The van der Waals surface area contributed by atoms with Crippen LogP contribution >= 0.6 is 22.6 Å². The second kappa shape index (κ2) is 5.25. The molecule has 0 bridgehead atoms. The molecule has 0 saturated heterocycles. The number of ether oxygens (including phenoxy) is 2. The number of hydrogen-bond donors (Lipinski definition) is 0. The number of esters is 1. The predicted octanol–water partition coefficient (Wildman–Crippen LogP) is 2.97. The van der Waals surface area contributed by atoms with Gasteiger partial charge in [0, 0.05) is 0 Å². The molecular formula is C13H15IO3. The summed E-state index contributed by atoms with van der Waals surface area (Å²) < 4.78 is 11.2. The van der Waals surface area contributed by atoms with Crippen molar-refractivity contribution in [3.63, 3.8) is 0 Å². The maximum atomic E-state index is 11.7. The fraction of sp³-hybridized carbons (Fsp3) is 0.462. The molecule has 0 fully saturated rings. The van der Waals surface area contributed by atoms with Crippen molar-refractivity contribution >= 4 is 28.6 Å². The normalized spacial score (nSPS) is 14.1. The number of halogens is 1. The second-order valence-corrected chi connectivity index (χ2v) is 5.19. The van der Waals surface area contributed by atoms with E-state index in [1.807, 2.05) is 6.07 Å². The molecule has 0 heterocycles. The minimum atomic E-state index is -0.326. The summed E-state index contributed by atoms with van der Waals surface area (Å²) >= 11 is 2.27. The SMILES string of the molecule is COC(=O)c1cc2c(c(I)c1OC)CCCC2. The van der Waals surface area contributed by atoms with Gasteiger partial charge >= 0.3 is 5.97 Å². The number of benzene rings is 1. The van der Waals surface area contributed by atoms with Crippen molar-refractivity contribution in [1.82, 2.24) is 0 Å². The first kappa shape index (κ1) is 12.7. The number of hydrogen-bond acceptors (Lipinski definition) is 3. The van der Waals surface area contributed by atoms with Gasteiger partial charge in [0.15, 0.2) is 0 Å². The zero-order chi connectivity index (χ0) is 12.4. The molecule has 0 amide bonds. The van der Waals surface area contributed by atoms with Crippen molar-refractivity contribution < 1.29 is 14.3 Å². The average molecular weight is 346 g/mol. The van der Waals surface area contributed by atoms with E-state index in [2.05, 4.69) is 22.6 Å². The quantitative estimate of drug-likeness (QED) is 0.610. The van der Waals surface area contributed by atoms with Gasteiger partial charge in [-0.25, -0.2) is 4.79 Å². The third-order valence-electron chi connectivity index (χ3n) is 3.15. The Hall–Kier alpha value is -0.780. The summed E-state index contributed by atoms with van der Waals surface area (Å²) in [4.78, 5) is 11.7. The molecule has 2 rings (SSSR count). The van der Waals surface area contributed by atoms with Crippen molar-refractivity contribution in [2.45, 2.75) is 25.7 Å². The molecular weight excluding hydrogens is 331 g/mol. The van der Waals surface area contributed by atoms with Crippen LogP contribution in [0.1, 0.15) is 34.3 Å². The molecule has 0 spiro atoms. The molecule has 1 aromatic carbocycles. The Bertz CT molecular complexity index is 454. The van der Waals surface area contributed by atoms with Gasteiger partial charge < -0.3 is 9.47 Å². The smallest absolute Gasteiger partial charge is 0.341 e. The van der Waals surface area contributed by atoms with E-state index in [1.54, 1.807) is 7.11 Å². The Kier molecular flexibility index (Phi) is 3.91. The van der Waals surface area contributed by atoms with Gasteiger partial charge in [0.05, 0.1) is 17.8 Å². The summed E-state index contributed by atoms with van der Waals surface area (Å²) in [5.41, 5.74) is 3.14. The number of carbonyl (C=O) groups excluding carboxylic acids is 1. The lowest BCUT2D eigenvalue weighted by molar-refractivity contribution is 0.0596. The van der Waals surface area contributed by atoms with Crippen LogP contribution in [0.3, 0.4) is 0 Å². The fourth-order valence-corrected chi connectivity index (χ4v) is 3.42. The topological polar surface area (TPSA) is 35.5 Å². The first-order valence-electron chi connectivity index (χ1n) is 5.65. The number of fused-ring (bicyclic) bond motifs is 1. The first-order valence-corrected chi connectivity index (χ1v) is 6.73. The monoisotopic (exact) mass is 346 g/mol. The maximum Gasteiger partial charge on any atom is 0.341 e. The van der Waals surface area contributed by atoms with E-state index in [1.165, 1.54) is 31.1 Å². The van der Waals surface area contributed by atoms with Gasteiger partial charge in [0.25, 0.3) is 0 Å². The van der Waals surface area contributed by atoms with Crippen LogP contribution in [0.25, 0.3) is 0 Å². The third kappa shape index (κ3) is 2.27. The highest BCUT2D eigenvalue weighted by Gasteiger charge is 2.23. The molecule has 0 aromatic heterocycles. The minimum absolute atomic E-state index is 0.326. The fourth-order valence-electron chi connectivity index (χ4n) is 2.29. The van der Waals surface area contributed by atoms with Crippen molar-refractivity contribution in [2.75, 3.05) is 14.2 Å². The van der Waals surface area contributed by atoms with Crippen LogP contribution in [0.15, 0.2) is 6.07 Å².